The van der Waals surface area contributed by atoms with Crippen LogP contribution in [0.1, 0.15) is 5.82 Å². The van der Waals surface area contributed by atoms with Crippen LogP contribution < -0.4 is 4.74 Å². The highest BCUT2D eigenvalue weighted by molar-refractivity contribution is 7.07. The Morgan fingerprint density at radius 1 is 1.29 bits per heavy atom. The zero-order chi connectivity index (χ0) is 9.80. The fourth-order valence-electron chi connectivity index (χ4n) is 0.923. The lowest BCUT2D eigenvalue weighted by Crippen LogP contribution is -1.83. The van der Waals surface area contributed by atoms with E-state index >= 15 is 0 Å². The summed E-state index contributed by atoms with van der Waals surface area (Å²) in [6.45, 7) is 0. The largest absolute Gasteiger partial charge is 0.430 e. The van der Waals surface area contributed by atoms with E-state index in [1.165, 1.54) is 11.5 Å². The second-order valence-corrected chi connectivity index (χ2v) is 3.51. The van der Waals surface area contributed by atoms with Crippen molar-refractivity contribution in [1.82, 2.24) is 9.36 Å². The van der Waals surface area contributed by atoms with E-state index in [9.17, 15) is 0 Å². The minimum Gasteiger partial charge on any atom is -0.430 e. The molecule has 0 amide bonds. The number of para-hydroxylation sites is 1. The van der Waals surface area contributed by atoms with E-state index in [4.69, 9.17) is 16.3 Å². The summed E-state index contributed by atoms with van der Waals surface area (Å²) in [5.41, 5.74) is 0. The fraction of sp³-hybridized carbons (Fsp3) is 0.111. The van der Waals surface area contributed by atoms with Gasteiger partial charge in [0.1, 0.15) is 5.75 Å². The van der Waals surface area contributed by atoms with Crippen LogP contribution in [0.4, 0.5) is 0 Å². The summed E-state index contributed by atoms with van der Waals surface area (Å²) in [5, 5.41) is 0.520. The molecule has 0 aliphatic rings. The van der Waals surface area contributed by atoms with E-state index in [1.807, 2.05) is 30.3 Å². The Morgan fingerprint density at radius 3 is 2.71 bits per heavy atom. The van der Waals surface area contributed by atoms with Crippen LogP contribution in [-0.2, 0) is 5.88 Å². The Labute approximate surface area is 90.5 Å². The predicted molar refractivity (Wildman–Crippen MR) is 56.0 cm³/mol. The number of ether oxygens (including phenoxy) is 1. The minimum absolute atomic E-state index is 0.314. The third-order valence-corrected chi connectivity index (χ3v) is 2.39. The number of hydrogen-bond acceptors (Lipinski definition) is 4. The Hall–Kier alpha value is -1.13. The van der Waals surface area contributed by atoms with Gasteiger partial charge in [-0.2, -0.15) is 9.36 Å². The van der Waals surface area contributed by atoms with E-state index in [-0.39, 0.29) is 0 Å². The van der Waals surface area contributed by atoms with Crippen molar-refractivity contribution >= 4 is 23.1 Å². The van der Waals surface area contributed by atoms with Crippen LogP contribution in [-0.4, -0.2) is 9.36 Å². The molecule has 14 heavy (non-hydrogen) atoms. The molecule has 1 heterocycles. The average molecular weight is 227 g/mol. The molecule has 2 aromatic rings. The van der Waals surface area contributed by atoms with Crippen molar-refractivity contribution in [2.24, 2.45) is 0 Å². The Balaban J connectivity index is 2.11. The molecule has 0 bridgehead atoms. The monoisotopic (exact) mass is 226 g/mol. The second-order valence-electron chi connectivity index (χ2n) is 2.53. The van der Waals surface area contributed by atoms with Gasteiger partial charge in [-0.1, -0.05) is 18.2 Å². The summed E-state index contributed by atoms with van der Waals surface area (Å²) < 4.78 is 9.45. The molecule has 1 aromatic heterocycles. The van der Waals surface area contributed by atoms with Crippen LogP contribution in [0.15, 0.2) is 30.3 Å². The number of aromatic nitrogens is 2. The molecule has 0 radical (unpaired) electrons. The lowest BCUT2D eigenvalue weighted by molar-refractivity contribution is 0.477. The van der Waals surface area contributed by atoms with Gasteiger partial charge in [-0.15, -0.1) is 11.6 Å². The standard InChI is InChI=1S/C9H7ClN2OS/c10-6-8-11-9(14-12-8)13-7-4-2-1-3-5-7/h1-5H,6H2. The highest BCUT2D eigenvalue weighted by Gasteiger charge is 2.04. The number of rotatable bonds is 3. The maximum atomic E-state index is 5.57. The van der Waals surface area contributed by atoms with Crippen molar-refractivity contribution in [2.45, 2.75) is 5.88 Å². The molecule has 0 spiro atoms. The zero-order valence-electron chi connectivity index (χ0n) is 7.18. The van der Waals surface area contributed by atoms with Crippen molar-refractivity contribution < 1.29 is 4.74 Å². The summed E-state index contributed by atoms with van der Waals surface area (Å²) in [5.74, 6) is 1.67. The molecule has 5 heteroatoms. The Kier molecular flexibility index (Phi) is 2.96. The van der Waals surface area contributed by atoms with Crippen molar-refractivity contribution in [3.63, 3.8) is 0 Å². The number of hydrogen-bond donors (Lipinski definition) is 0. The molecule has 0 fully saturated rings. The predicted octanol–water partition coefficient (Wildman–Crippen LogP) is 3.07. The molecule has 0 unspecified atom stereocenters. The first-order valence-corrected chi connectivity index (χ1v) is 5.31. The minimum atomic E-state index is 0.314. The number of benzene rings is 1. The quantitative estimate of drug-likeness (QED) is 0.755. The molecule has 1 aromatic carbocycles. The normalized spacial score (nSPS) is 10.1. The summed E-state index contributed by atoms with van der Waals surface area (Å²) >= 11 is 6.77. The van der Waals surface area contributed by atoms with Gasteiger partial charge in [0.25, 0.3) is 5.19 Å². The van der Waals surface area contributed by atoms with Crippen molar-refractivity contribution in [1.29, 1.82) is 0 Å². The van der Waals surface area contributed by atoms with Gasteiger partial charge in [-0.3, -0.25) is 0 Å². The summed E-state index contributed by atoms with van der Waals surface area (Å²) in [4.78, 5) is 4.08. The van der Waals surface area contributed by atoms with Crippen LogP contribution in [0.25, 0.3) is 0 Å². The van der Waals surface area contributed by atoms with Crippen LogP contribution in [0.5, 0.6) is 10.9 Å². The molecule has 0 atom stereocenters. The lowest BCUT2D eigenvalue weighted by atomic mass is 10.3. The van der Waals surface area contributed by atoms with E-state index in [2.05, 4.69) is 9.36 Å². The third kappa shape index (κ3) is 2.21. The van der Waals surface area contributed by atoms with Crippen LogP contribution >= 0.6 is 23.1 Å². The Morgan fingerprint density at radius 2 is 2.07 bits per heavy atom. The summed E-state index contributed by atoms with van der Waals surface area (Å²) in [6, 6.07) is 9.46. The van der Waals surface area contributed by atoms with Gasteiger partial charge in [0.15, 0.2) is 5.82 Å². The van der Waals surface area contributed by atoms with Gasteiger partial charge < -0.3 is 4.74 Å². The van der Waals surface area contributed by atoms with Crippen LogP contribution in [0.3, 0.4) is 0 Å². The maximum absolute atomic E-state index is 5.57. The molecular weight excluding hydrogens is 220 g/mol. The molecule has 0 aliphatic carbocycles. The molecule has 2 rings (SSSR count). The van der Waals surface area contributed by atoms with Crippen LogP contribution in [0.2, 0.25) is 0 Å². The van der Waals surface area contributed by atoms with Crippen molar-refractivity contribution in [3.8, 4) is 10.9 Å². The molecule has 3 nitrogen and oxygen atoms in total. The van der Waals surface area contributed by atoms with Gasteiger partial charge >= 0.3 is 0 Å². The third-order valence-electron chi connectivity index (χ3n) is 1.52. The number of alkyl halides is 1. The number of halogens is 1. The number of nitrogens with zero attached hydrogens (tertiary/aromatic N) is 2. The highest BCUT2D eigenvalue weighted by Crippen LogP contribution is 2.22. The molecular formula is C9H7ClN2OS. The highest BCUT2D eigenvalue weighted by atomic mass is 35.5. The van der Waals surface area contributed by atoms with E-state index in [0.29, 0.717) is 16.9 Å². The first-order valence-electron chi connectivity index (χ1n) is 4.00. The van der Waals surface area contributed by atoms with Gasteiger partial charge in [0.2, 0.25) is 0 Å². The molecule has 0 saturated carbocycles. The van der Waals surface area contributed by atoms with E-state index in [1.54, 1.807) is 0 Å². The molecule has 0 N–H and O–H groups in total. The van der Waals surface area contributed by atoms with Crippen molar-refractivity contribution in [2.75, 3.05) is 0 Å². The lowest BCUT2D eigenvalue weighted by Gasteiger charge is -1.98. The van der Waals surface area contributed by atoms with Gasteiger partial charge in [-0.05, 0) is 12.1 Å². The topological polar surface area (TPSA) is 35.0 Å². The summed E-state index contributed by atoms with van der Waals surface area (Å²) in [7, 11) is 0. The maximum Gasteiger partial charge on any atom is 0.298 e. The fourth-order valence-corrected chi connectivity index (χ4v) is 1.68. The summed E-state index contributed by atoms with van der Waals surface area (Å²) in [6.07, 6.45) is 0. The van der Waals surface area contributed by atoms with E-state index in [0.717, 1.165) is 5.75 Å². The zero-order valence-corrected chi connectivity index (χ0v) is 8.76. The van der Waals surface area contributed by atoms with Gasteiger partial charge in [-0.25, -0.2) is 0 Å². The van der Waals surface area contributed by atoms with Gasteiger partial charge in [0, 0.05) is 11.5 Å². The first kappa shape index (κ1) is 9.43. The van der Waals surface area contributed by atoms with Crippen molar-refractivity contribution in [3.05, 3.63) is 36.2 Å². The second kappa shape index (κ2) is 4.39. The SMILES string of the molecule is ClCc1nsc(Oc2ccccc2)n1. The average Bonchev–Trinajstić information content (AvgIpc) is 2.67. The molecule has 72 valence electrons. The first-order chi connectivity index (χ1) is 6.88. The van der Waals surface area contributed by atoms with Gasteiger partial charge in [0.05, 0.1) is 5.88 Å². The molecule has 0 saturated heterocycles. The van der Waals surface area contributed by atoms with Crippen LogP contribution in [0, 0.1) is 0 Å². The molecule has 0 aliphatic heterocycles. The van der Waals surface area contributed by atoms with E-state index < -0.39 is 0 Å². The smallest absolute Gasteiger partial charge is 0.298 e. The Bertz CT molecular complexity index is 404.